The van der Waals surface area contributed by atoms with E-state index in [9.17, 15) is 14.4 Å². The van der Waals surface area contributed by atoms with E-state index in [-0.39, 0.29) is 5.70 Å². The van der Waals surface area contributed by atoms with Crippen LogP contribution in [0.15, 0.2) is 42.1 Å². The summed E-state index contributed by atoms with van der Waals surface area (Å²) in [5.74, 6) is -1.55. The van der Waals surface area contributed by atoms with Crippen LogP contribution in [0.3, 0.4) is 0 Å². The minimum atomic E-state index is -1.14. The Balaban J connectivity index is 1.68. The molecule has 3 rings (SSSR count). The van der Waals surface area contributed by atoms with E-state index in [1.54, 1.807) is 24.3 Å². The van der Waals surface area contributed by atoms with Gasteiger partial charge in [0.05, 0.1) is 0 Å². The molecule has 3 atom stereocenters. The Kier molecular flexibility index (Phi) is 4.10. The van der Waals surface area contributed by atoms with Crippen LogP contribution < -0.4 is 11.1 Å². The highest BCUT2D eigenvalue weighted by Gasteiger charge is 2.52. The van der Waals surface area contributed by atoms with Crippen LogP contribution in [0.2, 0.25) is 0 Å². The van der Waals surface area contributed by atoms with Crippen molar-refractivity contribution in [2.45, 2.75) is 17.5 Å². The summed E-state index contributed by atoms with van der Waals surface area (Å²) in [5.41, 5.74) is 6.52. The number of benzene rings is 1. The number of aliphatic carboxylic acids is 1. The first kappa shape index (κ1) is 15.6. The summed E-state index contributed by atoms with van der Waals surface area (Å²) in [5, 5.41) is 11.3. The number of carboxylic acid groups (broad SMARTS) is 1. The number of β-lactam (4-membered cyclic amide) rings is 1. The molecule has 7 nitrogen and oxygen atoms in total. The zero-order chi connectivity index (χ0) is 16.6. The summed E-state index contributed by atoms with van der Waals surface area (Å²) >= 11 is 1.41. The molecule has 0 radical (unpaired) electrons. The van der Waals surface area contributed by atoms with Crippen molar-refractivity contribution >= 4 is 29.5 Å². The van der Waals surface area contributed by atoms with Gasteiger partial charge < -0.3 is 16.2 Å². The average molecular weight is 333 g/mol. The summed E-state index contributed by atoms with van der Waals surface area (Å²) in [4.78, 5) is 36.7. The zero-order valence-electron chi connectivity index (χ0n) is 12.0. The van der Waals surface area contributed by atoms with Crippen LogP contribution in [0.4, 0.5) is 0 Å². The molecule has 2 aliphatic rings. The summed E-state index contributed by atoms with van der Waals surface area (Å²) in [6.45, 7) is 0. The van der Waals surface area contributed by atoms with Crippen LogP contribution in [-0.4, -0.2) is 45.0 Å². The smallest absolute Gasteiger partial charge is 0.352 e. The molecular weight excluding hydrogens is 318 g/mol. The lowest BCUT2D eigenvalue weighted by Crippen LogP contribution is -2.70. The topological polar surface area (TPSA) is 113 Å². The predicted molar refractivity (Wildman–Crippen MR) is 84.1 cm³/mol. The Labute approximate surface area is 136 Å². The molecule has 4 N–H and O–H groups in total. The second-order valence-electron chi connectivity index (χ2n) is 5.20. The molecule has 1 saturated heterocycles. The predicted octanol–water partition coefficient (Wildman–Crippen LogP) is 0.0548. The number of hydrogen-bond donors (Lipinski definition) is 3. The van der Waals surface area contributed by atoms with Gasteiger partial charge in [0.25, 0.3) is 5.91 Å². The molecule has 2 amide bonds. The van der Waals surface area contributed by atoms with Crippen molar-refractivity contribution in [1.82, 2.24) is 10.2 Å². The fourth-order valence-electron chi connectivity index (χ4n) is 2.59. The second kappa shape index (κ2) is 6.05. The number of rotatable bonds is 4. The number of hydrogen-bond acceptors (Lipinski definition) is 5. The molecule has 120 valence electrons. The fourth-order valence-corrected chi connectivity index (χ4v) is 3.79. The van der Waals surface area contributed by atoms with E-state index in [2.05, 4.69) is 5.32 Å². The van der Waals surface area contributed by atoms with Crippen molar-refractivity contribution in [3.63, 3.8) is 0 Å². The van der Waals surface area contributed by atoms with Gasteiger partial charge in [-0.2, -0.15) is 0 Å². The molecule has 8 heteroatoms. The first-order valence-corrected chi connectivity index (χ1v) is 8.04. The zero-order valence-corrected chi connectivity index (χ0v) is 12.8. The Morgan fingerprint density at radius 1 is 1.35 bits per heavy atom. The van der Waals surface area contributed by atoms with Gasteiger partial charge in [0.15, 0.2) is 0 Å². The molecule has 0 spiro atoms. The highest BCUT2D eigenvalue weighted by molar-refractivity contribution is 8.00. The Morgan fingerprint density at radius 3 is 2.70 bits per heavy atom. The molecule has 1 aromatic rings. The van der Waals surface area contributed by atoms with Crippen molar-refractivity contribution < 1.29 is 19.5 Å². The lowest BCUT2D eigenvalue weighted by atomic mass is 10.0. The number of fused-ring (bicyclic) bond motifs is 1. The summed E-state index contributed by atoms with van der Waals surface area (Å²) in [6, 6.07) is 7.23. The molecule has 0 aliphatic carbocycles. The molecule has 23 heavy (non-hydrogen) atoms. The third-order valence-electron chi connectivity index (χ3n) is 3.80. The third kappa shape index (κ3) is 2.71. The second-order valence-corrected chi connectivity index (χ2v) is 6.35. The number of carboxylic acids is 1. The molecule has 0 saturated carbocycles. The van der Waals surface area contributed by atoms with Gasteiger partial charge in [-0.15, -0.1) is 11.8 Å². The molecule has 2 aliphatic heterocycles. The number of carbonyl (C=O) groups excluding carboxylic acids is 2. The fraction of sp³-hybridized carbons (Fsp3) is 0.267. The van der Waals surface area contributed by atoms with Crippen molar-refractivity contribution in [1.29, 1.82) is 0 Å². The van der Waals surface area contributed by atoms with Crippen LogP contribution in [0.25, 0.3) is 0 Å². The van der Waals surface area contributed by atoms with Crippen LogP contribution in [-0.2, 0) is 14.4 Å². The average Bonchev–Trinajstić information content (AvgIpc) is 2.58. The van der Waals surface area contributed by atoms with E-state index in [0.717, 1.165) is 0 Å². The minimum absolute atomic E-state index is 0.0309. The van der Waals surface area contributed by atoms with E-state index in [1.165, 1.54) is 22.7 Å². The van der Waals surface area contributed by atoms with Crippen molar-refractivity contribution in [2.24, 2.45) is 5.73 Å². The molecule has 2 heterocycles. The van der Waals surface area contributed by atoms with Crippen LogP contribution in [0.1, 0.15) is 11.6 Å². The van der Waals surface area contributed by atoms with Gasteiger partial charge in [-0.25, -0.2) is 4.79 Å². The number of carbonyl (C=O) groups is 3. The quantitative estimate of drug-likeness (QED) is 0.671. The van der Waals surface area contributed by atoms with E-state index in [1.807, 2.05) is 6.07 Å². The highest BCUT2D eigenvalue weighted by atomic mass is 32.2. The number of nitrogens with one attached hydrogen (secondary N) is 1. The van der Waals surface area contributed by atoms with E-state index in [4.69, 9.17) is 10.8 Å². The lowest BCUT2D eigenvalue weighted by Gasteiger charge is -2.48. The molecular formula is C15H15N3O4S. The Morgan fingerprint density at radius 2 is 2.04 bits per heavy atom. The van der Waals surface area contributed by atoms with Gasteiger partial charge in [0.1, 0.15) is 23.2 Å². The molecule has 0 aromatic heterocycles. The van der Waals surface area contributed by atoms with Gasteiger partial charge in [0, 0.05) is 5.75 Å². The van der Waals surface area contributed by atoms with Crippen LogP contribution in [0.5, 0.6) is 0 Å². The summed E-state index contributed by atoms with van der Waals surface area (Å²) in [6.07, 6.45) is 1.50. The summed E-state index contributed by atoms with van der Waals surface area (Å²) < 4.78 is 0. The van der Waals surface area contributed by atoms with Crippen molar-refractivity contribution in [3.8, 4) is 0 Å². The minimum Gasteiger partial charge on any atom is -0.477 e. The van der Waals surface area contributed by atoms with Crippen molar-refractivity contribution in [3.05, 3.63) is 47.7 Å². The van der Waals surface area contributed by atoms with E-state index >= 15 is 0 Å². The third-order valence-corrected chi connectivity index (χ3v) is 4.99. The number of nitrogens with zero attached hydrogens (tertiary/aromatic N) is 1. The van der Waals surface area contributed by atoms with Gasteiger partial charge in [0.2, 0.25) is 5.91 Å². The lowest BCUT2D eigenvalue weighted by molar-refractivity contribution is -0.150. The van der Waals surface area contributed by atoms with Gasteiger partial charge in [-0.1, -0.05) is 30.3 Å². The van der Waals surface area contributed by atoms with Crippen LogP contribution >= 0.6 is 11.8 Å². The molecule has 1 fully saturated rings. The maximum atomic E-state index is 12.2. The number of amides is 2. The SMILES string of the molecule is NC(C(=O)NC1C(=O)N2C(C(=O)O)=CCSC12)c1ccccc1. The normalized spacial score (nSPS) is 24.1. The molecule has 0 bridgehead atoms. The first-order chi connectivity index (χ1) is 11.0. The van der Waals surface area contributed by atoms with E-state index < -0.39 is 35.2 Å². The van der Waals surface area contributed by atoms with E-state index in [0.29, 0.717) is 11.3 Å². The van der Waals surface area contributed by atoms with Crippen molar-refractivity contribution in [2.75, 3.05) is 5.75 Å². The van der Waals surface area contributed by atoms with Gasteiger partial charge in [-0.3, -0.25) is 14.5 Å². The maximum absolute atomic E-state index is 12.2. The number of nitrogens with two attached hydrogens (primary N) is 1. The maximum Gasteiger partial charge on any atom is 0.352 e. The largest absolute Gasteiger partial charge is 0.477 e. The van der Waals surface area contributed by atoms with Gasteiger partial charge >= 0.3 is 5.97 Å². The number of thioether (sulfide) groups is 1. The molecule has 3 unspecified atom stereocenters. The highest BCUT2D eigenvalue weighted by Crippen LogP contribution is 2.37. The first-order valence-electron chi connectivity index (χ1n) is 6.99. The van der Waals surface area contributed by atoms with Gasteiger partial charge in [-0.05, 0) is 11.6 Å². The Bertz CT molecular complexity index is 691. The standard InChI is InChI=1S/C15H15N3O4S/c16-10(8-4-2-1-3-5-8)12(19)17-11-13(20)18-9(15(21)22)6-7-23-14(11)18/h1-6,10-11,14H,7,16H2,(H,17,19)(H,21,22). The molecule has 1 aromatic carbocycles. The Hall–Kier alpha value is -2.32. The monoisotopic (exact) mass is 333 g/mol. The van der Waals surface area contributed by atoms with Crippen LogP contribution in [0, 0.1) is 0 Å². The summed E-state index contributed by atoms with van der Waals surface area (Å²) in [7, 11) is 0.